The summed E-state index contributed by atoms with van der Waals surface area (Å²) < 4.78 is 5.09. The molecule has 15 heavy (non-hydrogen) atoms. The number of ether oxygens (including phenoxy) is 1. The highest BCUT2D eigenvalue weighted by molar-refractivity contribution is 9.10. The highest BCUT2D eigenvalue weighted by Crippen LogP contribution is 2.22. The second-order valence-corrected chi connectivity index (χ2v) is 3.61. The van der Waals surface area contributed by atoms with Crippen molar-refractivity contribution in [2.24, 2.45) is 0 Å². The van der Waals surface area contributed by atoms with Gasteiger partial charge in [-0.3, -0.25) is 0 Å². The predicted molar refractivity (Wildman–Crippen MR) is 56.1 cm³/mol. The van der Waals surface area contributed by atoms with Gasteiger partial charge in [-0.1, -0.05) is 0 Å². The molecule has 1 aromatic carbocycles. The molecule has 0 saturated carbocycles. The summed E-state index contributed by atoms with van der Waals surface area (Å²) in [5, 5.41) is 17.8. The van der Waals surface area contributed by atoms with E-state index in [0.717, 1.165) is 0 Å². The van der Waals surface area contributed by atoms with Gasteiger partial charge in [-0.2, -0.15) is 5.26 Å². The maximum absolute atomic E-state index is 11.3. The first-order valence-electron chi connectivity index (χ1n) is 4.05. The summed E-state index contributed by atoms with van der Waals surface area (Å²) in [5.74, 6) is -0.567. The van der Waals surface area contributed by atoms with E-state index in [1.165, 1.54) is 19.2 Å². The lowest BCUT2D eigenvalue weighted by Gasteiger charge is -2.07. The van der Waals surface area contributed by atoms with Crippen LogP contribution in [0.15, 0.2) is 16.6 Å². The first kappa shape index (κ1) is 11.7. The minimum Gasteiger partial charge on any atom is -0.465 e. The third kappa shape index (κ3) is 2.35. The van der Waals surface area contributed by atoms with Crippen LogP contribution in [-0.4, -0.2) is 18.2 Å². The summed E-state index contributed by atoms with van der Waals surface area (Å²) in [6.45, 7) is -0.283. The molecule has 0 aliphatic heterocycles. The van der Waals surface area contributed by atoms with Crippen LogP contribution in [0.25, 0.3) is 0 Å². The van der Waals surface area contributed by atoms with E-state index in [9.17, 15) is 4.79 Å². The normalized spacial score (nSPS) is 9.47. The SMILES string of the molecule is COC(=O)c1cc(C#N)c(Br)cc1CO. The molecular formula is C10H8BrNO3. The minimum absolute atomic E-state index is 0.208. The van der Waals surface area contributed by atoms with Crippen molar-refractivity contribution in [3.8, 4) is 6.07 Å². The van der Waals surface area contributed by atoms with Crippen LogP contribution < -0.4 is 0 Å². The van der Waals surface area contributed by atoms with Gasteiger partial charge in [-0.25, -0.2) is 4.79 Å². The number of aliphatic hydroxyl groups excluding tert-OH is 1. The fraction of sp³-hybridized carbons (Fsp3) is 0.200. The Labute approximate surface area is 95.2 Å². The number of halogens is 1. The number of esters is 1. The van der Waals surface area contributed by atoms with E-state index in [1.807, 2.05) is 6.07 Å². The smallest absolute Gasteiger partial charge is 0.338 e. The Morgan fingerprint density at radius 1 is 1.67 bits per heavy atom. The zero-order valence-corrected chi connectivity index (χ0v) is 9.54. The number of rotatable bonds is 2. The number of methoxy groups -OCH3 is 1. The molecular weight excluding hydrogens is 262 g/mol. The number of nitrogens with zero attached hydrogens (tertiary/aromatic N) is 1. The van der Waals surface area contributed by atoms with Crippen molar-refractivity contribution < 1.29 is 14.6 Å². The van der Waals surface area contributed by atoms with Crippen LogP contribution in [-0.2, 0) is 11.3 Å². The predicted octanol–water partition coefficient (Wildman–Crippen LogP) is 1.60. The lowest BCUT2D eigenvalue weighted by molar-refractivity contribution is 0.0597. The molecule has 0 heterocycles. The molecule has 0 saturated heterocycles. The standard InChI is InChI=1S/C10H8BrNO3/c1-15-10(14)8-2-6(4-12)9(11)3-7(8)5-13/h2-3,13H,5H2,1H3. The van der Waals surface area contributed by atoms with E-state index in [1.54, 1.807) is 0 Å². The van der Waals surface area contributed by atoms with E-state index >= 15 is 0 Å². The van der Waals surface area contributed by atoms with Crippen molar-refractivity contribution >= 4 is 21.9 Å². The Kier molecular flexibility index (Phi) is 3.83. The molecule has 0 amide bonds. The lowest BCUT2D eigenvalue weighted by atomic mass is 10.1. The van der Waals surface area contributed by atoms with Gasteiger partial charge in [0.2, 0.25) is 0 Å². The van der Waals surface area contributed by atoms with Gasteiger partial charge in [0.25, 0.3) is 0 Å². The van der Waals surface area contributed by atoms with Crippen LogP contribution >= 0.6 is 15.9 Å². The zero-order valence-electron chi connectivity index (χ0n) is 7.95. The second kappa shape index (κ2) is 4.91. The number of benzene rings is 1. The fourth-order valence-corrected chi connectivity index (χ4v) is 1.61. The summed E-state index contributed by atoms with van der Waals surface area (Å²) in [6, 6.07) is 4.85. The van der Waals surface area contributed by atoms with Crippen molar-refractivity contribution in [2.45, 2.75) is 6.61 Å². The van der Waals surface area contributed by atoms with E-state index in [0.29, 0.717) is 15.6 Å². The van der Waals surface area contributed by atoms with Crippen LogP contribution in [0.2, 0.25) is 0 Å². The molecule has 0 spiro atoms. The molecule has 5 heteroatoms. The number of hydrogen-bond donors (Lipinski definition) is 1. The maximum atomic E-state index is 11.3. The van der Waals surface area contributed by atoms with Gasteiger partial charge >= 0.3 is 5.97 Å². The molecule has 78 valence electrons. The highest BCUT2D eigenvalue weighted by Gasteiger charge is 2.14. The van der Waals surface area contributed by atoms with E-state index < -0.39 is 5.97 Å². The summed E-state index contributed by atoms with van der Waals surface area (Å²) in [7, 11) is 1.25. The Morgan fingerprint density at radius 3 is 2.80 bits per heavy atom. The van der Waals surface area contributed by atoms with Crippen LogP contribution in [0.1, 0.15) is 21.5 Å². The number of hydrogen-bond acceptors (Lipinski definition) is 4. The van der Waals surface area contributed by atoms with Gasteiger partial charge < -0.3 is 9.84 Å². The molecule has 0 fully saturated rings. The monoisotopic (exact) mass is 269 g/mol. The van der Waals surface area contributed by atoms with Crippen LogP contribution in [0.3, 0.4) is 0 Å². The molecule has 0 aliphatic rings. The van der Waals surface area contributed by atoms with E-state index in [-0.39, 0.29) is 12.2 Å². The van der Waals surface area contributed by atoms with Gasteiger partial charge in [0.15, 0.2) is 0 Å². The summed E-state index contributed by atoms with van der Waals surface area (Å²) in [4.78, 5) is 11.3. The van der Waals surface area contributed by atoms with Gasteiger partial charge in [-0.05, 0) is 33.6 Å². The molecule has 1 N–H and O–H groups in total. The molecule has 0 unspecified atom stereocenters. The third-order valence-electron chi connectivity index (χ3n) is 1.89. The molecule has 0 radical (unpaired) electrons. The number of nitriles is 1. The summed E-state index contributed by atoms with van der Waals surface area (Å²) >= 11 is 3.17. The summed E-state index contributed by atoms with van der Waals surface area (Å²) in [5.41, 5.74) is 0.958. The Balaban J connectivity index is 3.36. The van der Waals surface area contributed by atoms with Gasteiger partial charge in [0.1, 0.15) is 6.07 Å². The summed E-state index contributed by atoms with van der Waals surface area (Å²) in [6.07, 6.45) is 0. The second-order valence-electron chi connectivity index (χ2n) is 2.75. The number of aliphatic hydroxyl groups is 1. The Bertz CT molecular complexity index is 437. The van der Waals surface area contributed by atoms with Crippen LogP contribution in [0, 0.1) is 11.3 Å². The molecule has 4 nitrogen and oxygen atoms in total. The molecule has 0 atom stereocenters. The average molecular weight is 270 g/mol. The van der Waals surface area contributed by atoms with Crippen molar-refractivity contribution in [3.05, 3.63) is 33.3 Å². The molecule has 0 bridgehead atoms. The zero-order chi connectivity index (χ0) is 11.4. The Hall–Kier alpha value is -1.38. The quantitative estimate of drug-likeness (QED) is 0.828. The van der Waals surface area contributed by atoms with Crippen molar-refractivity contribution in [2.75, 3.05) is 7.11 Å². The molecule has 1 aromatic rings. The average Bonchev–Trinajstić information content (AvgIpc) is 2.27. The topological polar surface area (TPSA) is 70.3 Å². The van der Waals surface area contributed by atoms with Crippen molar-refractivity contribution in [1.29, 1.82) is 5.26 Å². The van der Waals surface area contributed by atoms with Gasteiger partial charge in [0, 0.05) is 4.47 Å². The molecule has 0 aliphatic carbocycles. The minimum atomic E-state index is -0.567. The van der Waals surface area contributed by atoms with Crippen molar-refractivity contribution in [3.63, 3.8) is 0 Å². The molecule has 1 rings (SSSR count). The van der Waals surface area contributed by atoms with Gasteiger partial charge in [0.05, 0.1) is 24.8 Å². The first-order chi connectivity index (χ1) is 7.13. The molecule has 0 aromatic heterocycles. The van der Waals surface area contributed by atoms with E-state index in [2.05, 4.69) is 20.7 Å². The van der Waals surface area contributed by atoms with Gasteiger partial charge in [-0.15, -0.1) is 0 Å². The third-order valence-corrected chi connectivity index (χ3v) is 2.55. The largest absolute Gasteiger partial charge is 0.465 e. The lowest BCUT2D eigenvalue weighted by Crippen LogP contribution is -2.06. The van der Waals surface area contributed by atoms with Crippen LogP contribution in [0.4, 0.5) is 0 Å². The highest BCUT2D eigenvalue weighted by atomic mass is 79.9. The number of carbonyl (C=O) groups excluding carboxylic acids is 1. The van der Waals surface area contributed by atoms with E-state index in [4.69, 9.17) is 10.4 Å². The van der Waals surface area contributed by atoms with Crippen molar-refractivity contribution in [1.82, 2.24) is 0 Å². The maximum Gasteiger partial charge on any atom is 0.338 e. The van der Waals surface area contributed by atoms with Crippen LogP contribution in [0.5, 0.6) is 0 Å². The first-order valence-corrected chi connectivity index (χ1v) is 4.85. The fourth-order valence-electron chi connectivity index (χ4n) is 1.13. The number of carbonyl (C=O) groups is 1. The Morgan fingerprint density at radius 2 is 2.33 bits per heavy atom.